The van der Waals surface area contributed by atoms with Gasteiger partial charge in [0.2, 0.25) is 0 Å². The van der Waals surface area contributed by atoms with Crippen molar-refractivity contribution in [2.24, 2.45) is 0 Å². The Morgan fingerprint density at radius 1 is 1.10 bits per heavy atom. The van der Waals surface area contributed by atoms with E-state index in [0.29, 0.717) is 12.1 Å². The summed E-state index contributed by atoms with van der Waals surface area (Å²) in [5.74, 6) is 0.730. The molecule has 0 fully saturated rings. The Hall–Kier alpha value is -2.86. The number of anilines is 1. The zero-order valence-corrected chi connectivity index (χ0v) is 11.8. The highest BCUT2D eigenvalue weighted by Gasteiger charge is 2.05. The standard InChI is InChI=1S/C18H15N3/c1-13-6-2-3-7-14(13)12-20-18-10-15(11-19)16-8-4-5-9-17(16)21-18/h2-10H,12H2,1H3,(H,20,21). The minimum absolute atomic E-state index is 0.646. The summed E-state index contributed by atoms with van der Waals surface area (Å²) >= 11 is 0. The van der Waals surface area contributed by atoms with Crippen LogP contribution in [0.25, 0.3) is 10.9 Å². The summed E-state index contributed by atoms with van der Waals surface area (Å²) in [6.45, 7) is 2.79. The molecule has 3 rings (SSSR count). The number of aromatic nitrogens is 1. The minimum atomic E-state index is 0.646. The number of pyridine rings is 1. The SMILES string of the molecule is Cc1ccccc1CNc1cc(C#N)c2ccccc2n1. The van der Waals surface area contributed by atoms with Crippen LogP contribution >= 0.6 is 0 Å². The molecule has 0 aliphatic heterocycles. The average molecular weight is 273 g/mol. The molecule has 1 aromatic heterocycles. The Kier molecular flexibility index (Phi) is 3.53. The van der Waals surface area contributed by atoms with Crippen LogP contribution in [0, 0.1) is 18.3 Å². The lowest BCUT2D eigenvalue weighted by Gasteiger charge is -2.10. The van der Waals surface area contributed by atoms with Crippen molar-refractivity contribution in [1.29, 1.82) is 5.26 Å². The summed E-state index contributed by atoms with van der Waals surface area (Å²) in [5.41, 5.74) is 3.95. The van der Waals surface area contributed by atoms with Gasteiger partial charge in [0.05, 0.1) is 17.1 Å². The van der Waals surface area contributed by atoms with Crippen molar-refractivity contribution in [3.05, 3.63) is 71.3 Å². The first kappa shape index (κ1) is 13.1. The van der Waals surface area contributed by atoms with Gasteiger partial charge in [0.1, 0.15) is 5.82 Å². The molecule has 3 heteroatoms. The normalized spacial score (nSPS) is 10.3. The van der Waals surface area contributed by atoms with Crippen LogP contribution in [0.5, 0.6) is 0 Å². The molecule has 1 N–H and O–H groups in total. The van der Waals surface area contributed by atoms with Crippen molar-refractivity contribution in [3.63, 3.8) is 0 Å². The zero-order valence-electron chi connectivity index (χ0n) is 11.8. The number of nitriles is 1. The number of hydrogen-bond donors (Lipinski definition) is 1. The highest BCUT2D eigenvalue weighted by atomic mass is 15.0. The maximum absolute atomic E-state index is 9.28. The number of hydrogen-bond acceptors (Lipinski definition) is 3. The summed E-state index contributed by atoms with van der Waals surface area (Å²) in [6.07, 6.45) is 0. The van der Waals surface area contributed by atoms with E-state index in [4.69, 9.17) is 0 Å². The van der Waals surface area contributed by atoms with Crippen LogP contribution in [-0.2, 0) is 6.54 Å². The van der Waals surface area contributed by atoms with E-state index in [1.54, 1.807) is 6.07 Å². The highest BCUT2D eigenvalue weighted by molar-refractivity contribution is 5.86. The third-order valence-corrected chi connectivity index (χ3v) is 3.56. The molecule has 3 aromatic rings. The van der Waals surface area contributed by atoms with Gasteiger partial charge in [-0.1, -0.05) is 42.5 Å². The number of para-hydroxylation sites is 1. The molecule has 0 aliphatic rings. The fraction of sp³-hybridized carbons (Fsp3) is 0.111. The Morgan fingerprint density at radius 3 is 2.67 bits per heavy atom. The smallest absolute Gasteiger partial charge is 0.128 e. The summed E-state index contributed by atoms with van der Waals surface area (Å²) in [4.78, 5) is 4.57. The van der Waals surface area contributed by atoms with Crippen LogP contribution in [0.1, 0.15) is 16.7 Å². The van der Waals surface area contributed by atoms with Crippen molar-refractivity contribution in [1.82, 2.24) is 4.98 Å². The van der Waals surface area contributed by atoms with Gasteiger partial charge in [0.15, 0.2) is 0 Å². The first-order valence-electron chi connectivity index (χ1n) is 6.86. The number of aryl methyl sites for hydroxylation is 1. The number of benzene rings is 2. The molecule has 0 unspecified atom stereocenters. The van der Waals surface area contributed by atoms with Crippen LogP contribution in [-0.4, -0.2) is 4.98 Å². The van der Waals surface area contributed by atoms with Crippen molar-refractivity contribution < 1.29 is 0 Å². The lowest BCUT2D eigenvalue weighted by Crippen LogP contribution is -2.03. The fourth-order valence-electron chi connectivity index (χ4n) is 2.35. The zero-order chi connectivity index (χ0) is 14.7. The molecule has 0 amide bonds. The summed E-state index contributed by atoms with van der Waals surface area (Å²) < 4.78 is 0. The third-order valence-electron chi connectivity index (χ3n) is 3.56. The molecule has 0 radical (unpaired) electrons. The van der Waals surface area contributed by atoms with E-state index >= 15 is 0 Å². The lowest BCUT2D eigenvalue weighted by atomic mass is 10.1. The van der Waals surface area contributed by atoms with E-state index in [9.17, 15) is 5.26 Å². The first-order valence-corrected chi connectivity index (χ1v) is 6.86. The van der Waals surface area contributed by atoms with Gasteiger partial charge in [-0.15, -0.1) is 0 Å². The first-order chi connectivity index (χ1) is 10.3. The molecule has 0 saturated heterocycles. The number of fused-ring (bicyclic) bond motifs is 1. The average Bonchev–Trinajstić information content (AvgIpc) is 2.53. The number of nitrogens with zero attached hydrogens (tertiary/aromatic N) is 2. The van der Waals surface area contributed by atoms with Gasteiger partial charge < -0.3 is 5.32 Å². The molecule has 2 aromatic carbocycles. The van der Waals surface area contributed by atoms with Gasteiger partial charge in [-0.3, -0.25) is 0 Å². The predicted molar refractivity (Wildman–Crippen MR) is 85.0 cm³/mol. The van der Waals surface area contributed by atoms with Crippen molar-refractivity contribution in [2.75, 3.05) is 5.32 Å². The second-order valence-corrected chi connectivity index (χ2v) is 4.96. The van der Waals surface area contributed by atoms with Gasteiger partial charge in [0.25, 0.3) is 0 Å². The van der Waals surface area contributed by atoms with Crippen LogP contribution in [0.15, 0.2) is 54.6 Å². The molecule has 1 heterocycles. The van der Waals surface area contributed by atoms with E-state index in [1.807, 2.05) is 36.4 Å². The van der Waals surface area contributed by atoms with Crippen LogP contribution in [0.2, 0.25) is 0 Å². The second-order valence-electron chi connectivity index (χ2n) is 4.96. The van der Waals surface area contributed by atoms with Crippen LogP contribution in [0.3, 0.4) is 0 Å². The van der Waals surface area contributed by atoms with E-state index in [1.165, 1.54) is 11.1 Å². The monoisotopic (exact) mass is 273 g/mol. The molecule has 3 nitrogen and oxygen atoms in total. The Bertz CT molecular complexity index is 831. The van der Waals surface area contributed by atoms with Crippen molar-refractivity contribution in [2.45, 2.75) is 13.5 Å². The highest BCUT2D eigenvalue weighted by Crippen LogP contribution is 2.20. The molecule has 0 saturated carbocycles. The molecule has 0 atom stereocenters. The van der Waals surface area contributed by atoms with Gasteiger partial charge >= 0.3 is 0 Å². The Morgan fingerprint density at radius 2 is 1.86 bits per heavy atom. The third kappa shape index (κ3) is 2.70. The maximum atomic E-state index is 9.28. The molecular weight excluding hydrogens is 258 g/mol. The van der Waals surface area contributed by atoms with Crippen molar-refractivity contribution in [3.8, 4) is 6.07 Å². The van der Waals surface area contributed by atoms with Gasteiger partial charge in [-0.25, -0.2) is 4.98 Å². The maximum Gasteiger partial charge on any atom is 0.128 e. The summed E-state index contributed by atoms with van der Waals surface area (Å²) in [7, 11) is 0. The van der Waals surface area contributed by atoms with Gasteiger partial charge in [-0.2, -0.15) is 5.26 Å². The molecule has 21 heavy (non-hydrogen) atoms. The summed E-state index contributed by atoms with van der Waals surface area (Å²) in [6, 6.07) is 20.0. The Labute approximate surface area is 123 Å². The molecule has 0 spiro atoms. The minimum Gasteiger partial charge on any atom is -0.366 e. The van der Waals surface area contributed by atoms with Crippen molar-refractivity contribution >= 4 is 16.7 Å². The summed E-state index contributed by atoms with van der Waals surface area (Å²) in [5, 5.41) is 13.5. The topological polar surface area (TPSA) is 48.7 Å². The fourth-order valence-corrected chi connectivity index (χ4v) is 2.35. The van der Waals surface area contributed by atoms with E-state index in [-0.39, 0.29) is 0 Å². The van der Waals surface area contributed by atoms with E-state index < -0.39 is 0 Å². The molecule has 0 aliphatic carbocycles. The van der Waals surface area contributed by atoms with Crippen LogP contribution < -0.4 is 5.32 Å². The van der Waals surface area contributed by atoms with Gasteiger partial charge in [-0.05, 0) is 30.2 Å². The molecule has 0 bridgehead atoms. The van der Waals surface area contributed by atoms with Crippen LogP contribution in [0.4, 0.5) is 5.82 Å². The second kappa shape index (κ2) is 5.64. The van der Waals surface area contributed by atoms with E-state index in [0.717, 1.165) is 16.7 Å². The quantitative estimate of drug-likeness (QED) is 0.783. The largest absolute Gasteiger partial charge is 0.366 e. The van der Waals surface area contributed by atoms with Gasteiger partial charge in [0, 0.05) is 11.9 Å². The molecular formula is C18H15N3. The number of rotatable bonds is 3. The van der Waals surface area contributed by atoms with E-state index in [2.05, 4.69) is 35.4 Å². The Balaban J connectivity index is 1.91. The predicted octanol–water partition coefficient (Wildman–Crippen LogP) is 4.03. The molecule has 102 valence electrons. The number of nitrogens with one attached hydrogen (secondary N) is 1. The lowest BCUT2D eigenvalue weighted by molar-refractivity contribution is 1.10.